The predicted octanol–water partition coefficient (Wildman–Crippen LogP) is -0.0557. The fourth-order valence-electron chi connectivity index (χ4n) is 1.30. The third-order valence-corrected chi connectivity index (χ3v) is 2.09. The minimum absolute atomic E-state index is 0.806. The fourth-order valence-corrected chi connectivity index (χ4v) is 1.30. The van der Waals surface area contributed by atoms with E-state index in [9.17, 15) is 0 Å². The molecule has 5 nitrogen and oxygen atoms in total. The molecular formula is C9H19N5. The third-order valence-electron chi connectivity index (χ3n) is 2.09. The summed E-state index contributed by atoms with van der Waals surface area (Å²) in [5, 5.41) is 1.73. The largest absolute Gasteiger partial charge is 0.309 e. The lowest BCUT2D eigenvalue weighted by Gasteiger charge is -2.21. The number of hydrogen-bond acceptors (Lipinski definition) is 5. The van der Waals surface area contributed by atoms with Crippen molar-refractivity contribution in [3.05, 3.63) is 0 Å². The van der Waals surface area contributed by atoms with Gasteiger partial charge >= 0.3 is 0 Å². The molecule has 2 N–H and O–H groups in total. The first kappa shape index (κ1) is 11.1. The molecular weight excluding hydrogens is 178 g/mol. The molecule has 0 amide bonds. The normalized spacial score (nSPS) is 15.9. The first-order valence-corrected chi connectivity index (χ1v) is 4.92. The molecule has 80 valence electrons. The molecule has 1 heterocycles. The maximum absolute atomic E-state index is 5.86. The molecule has 0 unspecified atom stereocenters. The summed E-state index contributed by atoms with van der Waals surface area (Å²) in [6, 6.07) is 0. The van der Waals surface area contributed by atoms with Crippen LogP contribution in [0, 0.1) is 0 Å². The quantitative estimate of drug-likeness (QED) is 0.507. The van der Waals surface area contributed by atoms with Crippen LogP contribution in [0.25, 0.3) is 0 Å². The van der Waals surface area contributed by atoms with Crippen molar-refractivity contribution in [3.63, 3.8) is 0 Å². The van der Waals surface area contributed by atoms with Crippen molar-refractivity contribution >= 4 is 12.2 Å². The first-order valence-electron chi connectivity index (χ1n) is 4.92. The summed E-state index contributed by atoms with van der Waals surface area (Å²) in [6.07, 6.45) is 3.50. The Morgan fingerprint density at radius 3 is 2.79 bits per heavy atom. The van der Waals surface area contributed by atoms with Gasteiger partial charge in [0.25, 0.3) is 0 Å². The molecule has 0 aromatic heterocycles. The molecule has 0 radical (unpaired) electrons. The molecule has 1 aliphatic heterocycles. The Kier molecular flexibility index (Phi) is 4.55. The van der Waals surface area contributed by atoms with Crippen molar-refractivity contribution in [2.24, 2.45) is 15.8 Å². The summed E-state index contributed by atoms with van der Waals surface area (Å²) in [6.45, 7) is 2.71. The van der Waals surface area contributed by atoms with Gasteiger partial charge < -0.3 is 4.90 Å². The van der Waals surface area contributed by atoms with Gasteiger partial charge in [-0.15, -0.1) is 0 Å². The van der Waals surface area contributed by atoms with E-state index < -0.39 is 0 Å². The van der Waals surface area contributed by atoms with E-state index in [1.165, 1.54) is 0 Å². The molecule has 1 rings (SSSR count). The molecule has 5 heteroatoms. The number of rotatable bonds is 4. The highest BCUT2D eigenvalue weighted by atomic mass is 15.4. The number of nitrogens with two attached hydrogens (primary N) is 1. The maximum Gasteiger partial charge on any atom is 0.122 e. The van der Waals surface area contributed by atoms with Crippen LogP contribution >= 0.6 is 0 Å². The van der Waals surface area contributed by atoms with Crippen LogP contribution in [0.5, 0.6) is 0 Å². The summed E-state index contributed by atoms with van der Waals surface area (Å²) in [4.78, 5) is 10.3. The highest BCUT2D eigenvalue weighted by Crippen LogP contribution is 1.98. The highest BCUT2D eigenvalue weighted by molar-refractivity contribution is 5.89. The van der Waals surface area contributed by atoms with Crippen molar-refractivity contribution in [3.8, 4) is 0 Å². The van der Waals surface area contributed by atoms with Gasteiger partial charge in [0.2, 0.25) is 0 Å². The molecule has 14 heavy (non-hydrogen) atoms. The lowest BCUT2D eigenvalue weighted by molar-refractivity contribution is 0.350. The van der Waals surface area contributed by atoms with Crippen molar-refractivity contribution < 1.29 is 0 Å². The summed E-state index contributed by atoms with van der Waals surface area (Å²) in [7, 11) is 4.12. The predicted molar refractivity (Wildman–Crippen MR) is 59.5 cm³/mol. The zero-order valence-corrected chi connectivity index (χ0v) is 8.98. The van der Waals surface area contributed by atoms with E-state index in [0.29, 0.717) is 0 Å². The van der Waals surface area contributed by atoms with E-state index in [0.717, 1.165) is 38.3 Å². The van der Waals surface area contributed by atoms with Crippen molar-refractivity contribution in [2.75, 3.05) is 33.7 Å². The molecule has 0 atom stereocenters. The Bertz CT molecular complexity index is 221. The highest BCUT2D eigenvalue weighted by Gasteiger charge is 2.08. The van der Waals surface area contributed by atoms with Gasteiger partial charge in [-0.25, -0.2) is 10.8 Å². The van der Waals surface area contributed by atoms with Crippen molar-refractivity contribution in [1.29, 1.82) is 0 Å². The summed E-state index contributed by atoms with van der Waals surface area (Å²) >= 11 is 0. The number of hydrogen-bond donors (Lipinski definition) is 1. The van der Waals surface area contributed by atoms with Gasteiger partial charge in [0.1, 0.15) is 12.2 Å². The van der Waals surface area contributed by atoms with Gasteiger partial charge in [-0.1, -0.05) is 0 Å². The van der Waals surface area contributed by atoms with Crippen LogP contribution in [-0.4, -0.2) is 55.8 Å². The van der Waals surface area contributed by atoms with E-state index >= 15 is 0 Å². The van der Waals surface area contributed by atoms with Crippen LogP contribution in [0.15, 0.2) is 9.98 Å². The van der Waals surface area contributed by atoms with E-state index in [1.54, 1.807) is 11.3 Å². The van der Waals surface area contributed by atoms with E-state index in [1.807, 2.05) is 0 Å². The lowest BCUT2D eigenvalue weighted by atomic mass is 10.3. The zero-order chi connectivity index (χ0) is 10.4. The van der Waals surface area contributed by atoms with Crippen molar-refractivity contribution in [2.45, 2.75) is 12.8 Å². The standard InChI is InChI=1S/C9H19N5/c1-13(2)6-3-7-14(10)9-4-5-11-8-12-9/h8H,3-7,10H2,1-2H3. The van der Waals surface area contributed by atoms with E-state index in [4.69, 9.17) is 5.84 Å². The van der Waals surface area contributed by atoms with Crippen LogP contribution in [0.3, 0.4) is 0 Å². The molecule has 0 aromatic carbocycles. The third kappa shape index (κ3) is 3.85. The Balaban J connectivity index is 2.23. The second-order valence-electron chi connectivity index (χ2n) is 3.67. The summed E-state index contributed by atoms with van der Waals surface area (Å²) in [5.74, 6) is 6.80. The Morgan fingerprint density at radius 2 is 2.21 bits per heavy atom. The van der Waals surface area contributed by atoms with E-state index in [-0.39, 0.29) is 0 Å². The molecule has 1 aliphatic rings. The maximum atomic E-state index is 5.86. The molecule has 0 spiro atoms. The summed E-state index contributed by atoms with van der Waals surface area (Å²) in [5.41, 5.74) is 0. The molecule has 0 fully saturated rings. The Hall–Kier alpha value is -0.940. The van der Waals surface area contributed by atoms with Crippen LogP contribution in [0.4, 0.5) is 0 Å². The van der Waals surface area contributed by atoms with Gasteiger partial charge in [-0.05, 0) is 27.1 Å². The zero-order valence-electron chi connectivity index (χ0n) is 8.98. The first-order chi connectivity index (χ1) is 6.70. The van der Waals surface area contributed by atoms with Crippen LogP contribution in [0.1, 0.15) is 12.8 Å². The molecule has 0 aromatic rings. The number of amidine groups is 1. The van der Waals surface area contributed by atoms with Gasteiger partial charge in [-0.3, -0.25) is 10.0 Å². The molecule has 0 saturated heterocycles. The Morgan fingerprint density at radius 1 is 1.43 bits per heavy atom. The van der Waals surface area contributed by atoms with Gasteiger partial charge in [0, 0.05) is 19.5 Å². The fraction of sp³-hybridized carbons (Fsp3) is 0.778. The van der Waals surface area contributed by atoms with Crippen LogP contribution in [0.2, 0.25) is 0 Å². The molecule has 0 saturated carbocycles. The Labute approximate surface area is 85.3 Å². The second kappa shape index (κ2) is 5.72. The monoisotopic (exact) mass is 197 g/mol. The average molecular weight is 197 g/mol. The smallest absolute Gasteiger partial charge is 0.122 e. The van der Waals surface area contributed by atoms with Gasteiger partial charge in [0.05, 0.1) is 0 Å². The van der Waals surface area contributed by atoms with E-state index in [2.05, 4.69) is 29.0 Å². The minimum Gasteiger partial charge on any atom is -0.309 e. The SMILES string of the molecule is CN(C)CCCN(N)C1=NC=NCC1. The van der Waals surface area contributed by atoms with Crippen LogP contribution in [-0.2, 0) is 0 Å². The minimum atomic E-state index is 0.806. The average Bonchev–Trinajstić information content (AvgIpc) is 2.18. The van der Waals surface area contributed by atoms with Gasteiger partial charge in [-0.2, -0.15) is 0 Å². The van der Waals surface area contributed by atoms with Crippen molar-refractivity contribution in [1.82, 2.24) is 9.91 Å². The topological polar surface area (TPSA) is 57.2 Å². The van der Waals surface area contributed by atoms with Gasteiger partial charge in [0.15, 0.2) is 0 Å². The summed E-state index contributed by atoms with van der Waals surface area (Å²) < 4.78 is 0. The lowest BCUT2D eigenvalue weighted by Crippen LogP contribution is -2.40. The molecule has 0 aliphatic carbocycles. The second-order valence-corrected chi connectivity index (χ2v) is 3.67. The number of nitrogens with zero attached hydrogens (tertiary/aromatic N) is 4. The number of aliphatic imine (C=N–C) groups is 2. The number of hydrazine groups is 1. The van der Waals surface area contributed by atoms with Crippen LogP contribution < -0.4 is 5.84 Å². The molecule has 0 bridgehead atoms.